The van der Waals surface area contributed by atoms with E-state index >= 15 is 0 Å². The van der Waals surface area contributed by atoms with Crippen LogP contribution in [-0.2, 0) is 0 Å². The Balaban J connectivity index is 2.44. The Labute approximate surface area is 108 Å². The highest BCUT2D eigenvalue weighted by atomic mass is 16.3. The van der Waals surface area contributed by atoms with Crippen LogP contribution >= 0.6 is 0 Å². The Morgan fingerprint density at radius 3 is 2.61 bits per heavy atom. The van der Waals surface area contributed by atoms with E-state index < -0.39 is 0 Å². The molecule has 3 nitrogen and oxygen atoms in total. The second-order valence-electron chi connectivity index (χ2n) is 4.70. The molecule has 1 atom stereocenters. The van der Waals surface area contributed by atoms with Crippen molar-refractivity contribution in [3.63, 3.8) is 0 Å². The number of hydrogen-bond acceptors (Lipinski definition) is 2. The minimum atomic E-state index is 0.0986. The Morgan fingerprint density at radius 2 is 2.00 bits per heavy atom. The SMILES string of the molecule is CCC(CO)c1nc(-c2ccccc2C)c(C)[nH]1. The molecular weight excluding hydrogens is 224 g/mol. The minimum absolute atomic E-state index is 0.0986. The number of aromatic nitrogens is 2. The van der Waals surface area contributed by atoms with Gasteiger partial charge in [-0.2, -0.15) is 0 Å². The Morgan fingerprint density at radius 1 is 1.28 bits per heavy atom. The third-order valence-electron chi connectivity index (χ3n) is 3.40. The summed E-state index contributed by atoms with van der Waals surface area (Å²) in [6.07, 6.45) is 0.886. The van der Waals surface area contributed by atoms with Crippen molar-refractivity contribution in [1.82, 2.24) is 9.97 Å². The molecule has 2 N–H and O–H groups in total. The third kappa shape index (κ3) is 2.31. The van der Waals surface area contributed by atoms with E-state index in [1.807, 2.05) is 19.1 Å². The molecule has 2 rings (SSSR count). The molecule has 1 aromatic carbocycles. The van der Waals surface area contributed by atoms with E-state index in [1.165, 1.54) is 5.56 Å². The number of benzene rings is 1. The van der Waals surface area contributed by atoms with Gasteiger partial charge in [-0.1, -0.05) is 31.2 Å². The molecule has 1 unspecified atom stereocenters. The van der Waals surface area contributed by atoms with Crippen molar-refractivity contribution >= 4 is 0 Å². The lowest BCUT2D eigenvalue weighted by atomic mass is 10.0. The molecule has 0 aliphatic rings. The van der Waals surface area contributed by atoms with Gasteiger partial charge in [-0.3, -0.25) is 0 Å². The van der Waals surface area contributed by atoms with Crippen LogP contribution in [0.1, 0.15) is 36.3 Å². The number of imidazole rings is 1. The average molecular weight is 244 g/mol. The van der Waals surface area contributed by atoms with Crippen molar-refractivity contribution in [2.75, 3.05) is 6.61 Å². The van der Waals surface area contributed by atoms with Gasteiger partial charge in [0.15, 0.2) is 0 Å². The molecule has 1 heterocycles. The maximum Gasteiger partial charge on any atom is 0.112 e. The van der Waals surface area contributed by atoms with Crippen molar-refractivity contribution in [3.05, 3.63) is 41.3 Å². The molecule has 3 heteroatoms. The van der Waals surface area contributed by atoms with Gasteiger partial charge in [0.1, 0.15) is 5.82 Å². The van der Waals surface area contributed by atoms with E-state index in [4.69, 9.17) is 0 Å². The molecule has 0 aliphatic carbocycles. The highest BCUT2D eigenvalue weighted by molar-refractivity contribution is 5.65. The van der Waals surface area contributed by atoms with Crippen LogP contribution in [0.5, 0.6) is 0 Å². The highest BCUT2D eigenvalue weighted by Crippen LogP contribution is 2.27. The fraction of sp³-hybridized carbons (Fsp3) is 0.400. The maximum absolute atomic E-state index is 9.34. The van der Waals surface area contributed by atoms with Crippen LogP contribution in [0, 0.1) is 13.8 Å². The maximum atomic E-state index is 9.34. The monoisotopic (exact) mass is 244 g/mol. The van der Waals surface area contributed by atoms with Crippen LogP contribution in [0.3, 0.4) is 0 Å². The molecule has 0 aliphatic heterocycles. The fourth-order valence-electron chi connectivity index (χ4n) is 2.19. The number of nitrogens with one attached hydrogen (secondary N) is 1. The Hall–Kier alpha value is -1.61. The van der Waals surface area contributed by atoms with Crippen molar-refractivity contribution in [3.8, 4) is 11.3 Å². The predicted molar refractivity (Wildman–Crippen MR) is 73.6 cm³/mol. The third-order valence-corrected chi connectivity index (χ3v) is 3.40. The van der Waals surface area contributed by atoms with E-state index in [0.717, 1.165) is 29.2 Å². The molecule has 0 saturated carbocycles. The molecule has 0 radical (unpaired) electrons. The zero-order valence-corrected chi connectivity index (χ0v) is 11.2. The van der Waals surface area contributed by atoms with E-state index in [9.17, 15) is 5.11 Å². The number of aryl methyl sites for hydroxylation is 2. The Kier molecular flexibility index (Phi) is 3.82. The number of aliphatic hydroxyl groups is 1. The van der Waals surface area contributed by atoms with Crippen molar-refractivity contribution in [1.29, 1.82) is 0 Å². The van der Waals surface area contributed by atoms with E-state index in [1.54, 1.807) is 0 Å². The lowest BCUT2D eigenvalue weighted by Crippen LogP contribution is -2.04. The molecule has 0 spiro atoms. The largest absolute Gasteiger partial charge is 0.396 e. The first-order chi connectivity index (χ1) is 8.67. The second-order valence-corrected chi connectivity index (χ2v) is 4.70. The summed E-state index contributed by atoms with van der Waals surface area (Å²) in [6.45, 7) is 6.32. The van der Waals surface area contributed by atoms with Crippen LogP contribution in [0.25, 0.3) is 11.3 Å². The smallest absolute Gasteiger partial charge is 0.112 e. The number of hydrogen-bond donors (Lipinski definition) is 2. The van der Waals surface area contributed by atoms with Crippen molar-refractivity contribution in [2.24, 2.45) is 0 Å². The first kappa shape index (κ1) is 12.8. The number of nitrogens with zero attached hydrogens (tertiary/aromatic N) is 1. The van der Waals surface area contributed by atoms with Gasteiger partial charge in [0.25, 0.3) is 0 Å². The summed E-state index contributed by atoms with van der Waals surface area (Å²) in [5.41, 5.74) is 4.43. The zero-order chi connectivity index (χ0) is 13.1. The quantitative estimate of drug-likeness (QED) is 0.867. The first-order valence-corrected chi connectivity index (χ1v) is 6.40. The standard InChI is InChI=1S/C15H20N2O/c1-4-12(9-18)15-16-11(3)14(17-15)13-8-6-5-7-10(13)2/h5-8,12,18H,4,9H2,1-3H3,(H,16,17). The van der Waals surface area contributed by atoms with Crippen LogP contribution in [0.15, 0.2) is 24.3 Å². The molecule has 0 bridgehead atoms. The van der Waals surface area contributed by atoms with Crippen LogP contribution in [0.2, 0.25) is 0 Å². The number of H-pyrrole nitrogens is 1. The summed E-state index contributed by atoms with van der Waals surface area (Å²) in [5.74, 6) is 0.984. The molecule has 96 valence electrons. The number of aliphatic hydroxyl groups excluding tert-OH is 1. The predicted octanol–water partition coefficient (Wildman–Crippen LogP) is 3.18. The van der Waals surface area contributed by atoms with Gasteiger partial charge in [0.05, 0.1) is 12.3 Å². The number of rotatable bonds is 4. The van der Waals surface area contributed by atoms with Gasteiger partial charge in [0.2, 0.25) is 0 Å². The zero-order valence-electron chi connectivity index (χ0n) is 11.2. The summed E-state index contributed by atoms with van der Waals surface area (Å²) in [4.78, 5) is 7.97. The highest BCUT2D eigenvalue weighted by Gasteiger charge is 2.16. The summed E-state index contributed by atoms with van der Waals surface area (Å²) in [6, 6.07) is 8.23. The van der Waals surface area contributed by atoms with E-state index in [2.05, 4.69) is 35.9 Å². The second kappa shape index (κ2) is 5.36. The van der Waals surface area contributed by atoms with E-state index in [0.29, 0.717) is 0 Å². The normalized spacial score (nSPS) is 12.7. The molecule has 0 amide bonds. The minimum Gasteiger partial charge on any atom is -0.396 e. The topological polar surface area (TPSA) is 48.9 Å². The summed E-state index contributed by atoms with van der Waals surface area (Å²) in [7, 11) is 0. The lowest BCUT2D eigenvalue weighted by Gasteiger charge is -2.07. The summed E-state index contributed by atoms with van der Waals surface area (Å²) in [5, 5.41) is 9.34. The van der Waals surface area contributed by atoms with Gasteiger partial charge >= 0.3 is 0 Å². The molecular formula is C15H20N2O. The van der Waals surface area contributed by atoms with Gasteiger partial charge in [-0.15, -0.1) is 0 Å². The fourth-order valence-corrected chi connectivity index (χ4v) is 2.19. The van der Waals surface area contributed by atoms with Gasteiger partial charge < -0.3 is 10.1 Å². The van der Waals surface area contributed by atoms with Gasteiger partial charge in [-0.25, -0.2) is 4.98 Å². The van der Waals surface area contributed by atoms with Gasteiger partial charge in [-0.05, 0) is 25.8 Å². The number of aromatic amines is 1. The average Bonchev–Trinajstić information content (AvgIpc) is 2.73. The van der Waals surface area contributed by atoms with Gasteiger partial charge in [0, 0.05) is 17.2 Å². The lowest BCUT2D eigenvalue weighted by molar-refractivity contribution is 0.258. The van der Waals surface area contributed by atoms with E-state index in [-0.39, 0.29) is 12.5 Å². The summed E-state index contributed by atoms with van der Waals surface area (Å²) >= 11 is 0. The molecule has 0 fully saturated rings. The van der Waals surface area contributed by atoms with Crippen molar-refractivity contribution < 1.29 is 5.11 Å². The van der Waals surface area contributed by atoms with Crippen LogP contribution in [-0.4, -0.2) is 21.7 Å². The first-order valence-electron chi connectivity index (χ1n) is 6.40. The molecule has 1 aromatic heterocycles. The molecule has 2 aromatic rings. The Bertz CT molecular complexity index is 527. The molecule has 18 heavy (non-hydrogen) atoms. The van der Waals surface area contributed by atoms with Crippen molar-refractivity contribution in [2.45, 2.75) is 33.1 Å². The van der Waals surface area contributed by atoms with Crippen LogP contribution < -0.4 is 0 Å². The summed E-state index contributed by atoms with van der Waals surface area (Å²) < 4.78 is 0. The molecule has 0 saturated heterocycles. The van der Waals surface area contributed by atoms with Crippen LogP contribution in [0.4, 0.5) is 0 Å².